The molecule has 1 aliphatic rings. The lowest BCUT2D eigenvalue weighted by Crippen LogP contribution is -2.36. The summed E-state index contributed by atoms with van der Waals surface area (Å²) in [4.78, 5) is 0. The number of benzene rings is 1. The molecule has 1 atom stereocenters. The van der Waals surface area contributed by atoms with Crippen LogP contribution in [0.5, 0.6) is 0 Å². The van der Waals surface area contributed by atoms with E-state index in [0.29, 0.717) is 11.5 Å². The molecule has 0 aromatic heterocycles. The molecule has 1 fully saturated rings. The fourth-order valence-electron chi connectivity index (χ4n) is 2.98. The summed E-state index contributed by atoms with van der Waals surface area (Å²) in [6.07, 6.45) is 5.32. The molecule has 18 heavy (non-hydrogen) atoms. The second-order valence-electron chi connectivity index (χ2n) is 6.41. The summed E-state index contributed by atoms with van der Waals surface area (Å²) in [5, 5.41) is 4.54. The maximum atomic E-state index is 5.98. The topological polar surface area (TPSA) is 12.0 Å². The first-order valence-corrected chi connectivity index (χ1v) is 7.32. The van der Waals surface area contributed by atoms with Crippen LogP contribution in [0.25, 0.3) is 0 Å². The Kier molecular flexibility index (Phi) is 4.34. The second-order valence-corrected chi connectivity index (χ2v) is 6.85. The van der Waals surface area contributed by atoms with Gasteiger partial charge in [-0.15, -0.1) is 0 Å². The number of halogens is 1. The molecule has 1 saturated carbocycles. The zero-order valence-electron chi connectivity index (χ0n) is 11.7. The van der Waals surface area contributed by atoms with E-state index >= 15 is 0 Å². The van der Waals surface area contributed by atoms with Gasteiger partial charge in [0.25, 0.3) is 0 Å². The Hall–Kier alpha value is -0.530. The monoisotopic (exact) mass is 265 g/mol. The Morgan fingerprint density at radius 3 is 2.83 bits per heavy atom. The van der Waals surface area contributed by atoms with Crippen molar-refractivity contribution in [3.8, 4) is 0 Å². The summed E-state index contributed by atoms with van der Waals surface area (Å²) < 4.78 is 0. The summed E-state index contributed by atoms with van der Waals surface area (Å²) in [5.41, 5.74) is 3.15. The quantitative estimate of drug-likeness (QED) is 0.835. The highest BCUT2D eigenvalue weighted by Gasteiger charge is 2.27. The first-order chi connectivity index (χ1) is 8.46. The number of rotatable bonds is 3. The normalized spacial score (nSPS) is 23.0. The average Bonchev–Trinajstić information content (AvgIpc) is 2.26. The molecular weight excluding hydrogens is 242 g/mol. The molecule has 0 bridgehead atoms. The van der Waals surface area contributed by atoms with Crippen LogP contribution in [0.4, 0.5) is 0 Å². The van der Waals surface area contributed by atoms with E-state index in [-0.39, 0.29) is 0 Å². The predicted octanol–water partition coefficient (Wildman–Crippen LogP) is 4.71. The van der Waals surface area contributed by atoms with E-state index < -0.39 is 0 Å². The molecule has 1 unspecified atom stereocenters. The van der Waals surface area contributed by atoms with Crippen LogP contribution < -0.4 is 5.32 Å². The standard InChI is InChI=1S/C16H24ClN/c1-12-9-14(17)7-6-13(12)11-18-15-5-4-8-16(2,3)10-15/h6-7,9,15,18H,4-5,8,10-11H2,1-3H3. The van der Waals surface area contributed by atoms with E-state index in [1.165, 1.54) is 36.8 Å². The summed E-state index contributed by atoms with van der Waals surface area (Å²) in [5.74, 6) is 0. The zero-order chi connectivity index (χ0) is 13.2. The Morgan fingerprint density at radius 2 is 2.17 bits per heavy atom. The van der Waals surface area contributed by atoms with Gasteiger partial charge in [0, 0.05) is 17.6 Å². The molecule has 0 amide bonds. The molecule has 0 radical (unpaired) electrons. The fraction of sp³-hybridized carbons (Fsp3) is 0.625. The van der Waals surface area contributed by atoms with Crippen molar-refractivity contribution in [1.29, 1.82) is 0 Å². The van der Waals surface area contributed by atoms with Crippen molar-refractivity contribution < 1.29 is 0 Å². The Morgan fingerprint density at radius 1 is 1.39 bits per heavy atom. The molecule has 0 heterocycles. The van der Waals surface area contributed by atoms with Crippen LogP contribution in [-0.2, 0) is 6.54 Å². The highest BCUT2D eigenvalue weighted by molar-refractivity contribution is 6.30. The van der Waals surface area contributed by atoms with Gasteiger partial charge in [-0.3, -0.25) is 0 Å². The summed E-state index contributed by atoms with van der Waals surface area (Å²) in [6.45, 7) is 7.86. The molecule has 1 nitrogen and oxygen atoms in total. The highest BCUT2D eigenvalue weighted by atomic mass is 35.5. The van der Waals surface area contributed by atoms with E-state index in [0.717, 1.165) is 11.6 Å². The summed E-state index contributed by atoms with van der Waals surface area (Å²) in [7, 11) is 0. The summed E-state index contributed by atoms with van der Waals surface area (Å²) >= 11 is 5.98. The molecular formula is C16H24ClN. The van der Waals surface area contributed by atoms with Crippen molar-refractivity contribution in [2.45, 2.75) is 59.0 Å². The van der Waals surface area contributed by atoms with Crippen LogP contribution in [0, 0.1) is 12.3 Å². The van der Waals surface area contributed by atoms with Gasteiger partial charge in [0.05, 0.1) is 0 Å². The van der Waals surface area contributed by atoms with E-state index in [1.807, 2.05) is 12.1 Å². The van der Waals surface area contributed by atoms with Gasteiger partial charge in [-0.05, 0) is 54.9 Å². The SMILES string of the molecule is Cc1cc(Cl)ccc1CNC1CCCC(C)(C)C1. The third-order valence-corrected chi connectivity index (χ3v) is 4.33. The molecule has 2 rings (SSSR count). The van der Waals surface area contributed by atoms with Crippen LogP contribution in [0.3, 0.4) is 0 Å². The minimum absolute atomic E-state index is 0.505. The van der Waals surface area contributed by atoms with Gasteiger partial charge in [0.1, 0.15) is 0 Å². The lowest BCUT2D eigenvalue weighted by molar-refractivity contribution is 0.197. The number of hydrogen-bond donors (Lipinski definition) is 1. The van der Waals surface area contributed by atoms with E-state index in [4.69, 9.17) is 11.6 Å². The van der Waals surface area contributed by atoms with Gasteiger partial charge >= 0.3 is 0 Å². The van der Waals surface area contributed by atoms with Crippen molar-refractivity contribution in [2.24, 2.45) is 5.41 Å². The smallest absolute Gasteiger partial charge is 0.0408 e. The molecule has 0 aliphatic heterocycles. The third-order valence-electron chi connectivity index (χ3n) is 4.09. The minimum atomic E-state index is 0.505. The Balaban J connectivity index is 1.91. The maximum absolute atomic E-state index is 5.98. The van der Waals surface area contributed by atoms with Crippen molar-refractivity contribution in [1.82, 2.24) is 5.32 Å². The van der Waals surface area contributed by atoms with Crippen LogP contribution in [0.1, 0.15) is 50.7 Å². The minimum Gasteiger partial charge on any atom is -0.310 e. The largest absolute Gasteiger partial charge is 0.310 e. The van der Waals surface area contributed by atoms with Gasteiger partial charge in [-0.25, -0.2) is 0 Å². The molecule has 1 aromatic rings. The highest BCUT2D eigenvalue weighted by Crippen LogP contribution is 2.35. The van der Waals surface area contributed by atoms with Crippen LogP contribution in [0.15, 0.2) is 18.2 Å². The molecule has 100 valence electrons. The number of nitrogens with one attached hydrogen (secondary N) is 1. The van der Waals surface area contributed by atoms with E-state index in [1.54, 1.807) is 0 Å². The van der Waals surface area contributed by atoms with Gasteiger partial charge in [0.2, 0.25) is 0 Å². The van der Waals surface area contributed by atoms with Gasteiger partial charge in [-0.1, -0.05) is 37.9 Å². The van der Waals surface area contributed by atoms with E-state index in [9.17, 15) is 0 Å². The third kappa shape index (κ3) is 3.73. The first kappa shape index (κ1) is 13.9. The van der Waals surface area contributed by atoms with Crippen molar-refractivity contribution in [3.05, 3.63) is 34.3 Å². The molecule has 1 N–H and O–H groups in total. The summed E-state index contributed by atoms with van der Waals surface area (Å²) in [6, 6.07) is 6.84. The Bertz CT molecular complexity index is 412. The van der Waals surface area contributed by atoms with E-state index in [2.05, 4.69) is 32.2 Å². The van der Waals surface area contributed by atoms with Crippen molar-refractivity contribution in [3.63, 3.8) is 0 Å². The first-order valence-electron chi connectivity index (χ1n) is 6.95. The van der Waals surface area contributed by atoms with Crippen molar-refractivity contribution in [2.75, 3.05) is 0 Å². The molecule has 1 aliphatic carbocycles. The van der Waals surface area contributed by atoms with Crippen LogP contribution >= 0.6 is 11.6 Å². The maximum Gasteiger partial charge on any atom is 0.0408 e. The molecule has 0 spiro atoms. The number of hydrogen-bond acceptors (Lipinski definition) is 1. The molecule has 1 aromatic carbocycles. The number of aryl methyl sites for hydroxylation is 1. The van der Waals surface area contributed by atoms with Crippen LogP contribution in [-0.4, -0.2) is 6.04 Å². The second kappa shape index (κ2) is 5.63. The van der Waals surface area contributed by atoms with Crippen LogP contribution in [0.2, 0.25) is 5.02 Å². The van der Waals surface area contributed by atoms with Gasteiger partial charge < -0.3 is 5.32 Å². The van der Waals surface area contributed by atoms with Gasteiger partial charge in [-0.2, -0.15) is 0 Å². The molecule has 0 saturated heterocycles. The zero-order valence-corrected chi connectivity index (χ0v) is 12.5. The Labute approximate surface area is 116 Å². The lowest BCUT2D eigenvalue weighted by atomic mass is 9.75. The predicted molar refractivity (Wildman–Crippen MR) is 79.1 cm³/mol. The lowest BCUT2D eigenvalue weighted by Gasteiger charge is -2.35. The van der Waals surface area contributed by atoms with Gasteiger partial charge in [0.15, 0.2) is 0 Å². The fourth-order valence-corrected chi connectivity index (χ4v) is 3.21. The average molecular weight is 266 g/mol. The van der Waals surface area contributed by atoms with Crippen molar-refractivity contribution >= 4 is 11.6 Å². The molecule has 2 heteroatoms.